The Morgan fingerprint density at radius 2 is 2.05 bits per heavy atom. The number of phenols is 1. The van der Waals surface area contributed by atoms with Crippen molar-refractivity contribution in [1.29, 1.82) is 5.26 Å². The van der Waals surface area contributed by atoms with Crippen molar-refractivity contribution in [3.63, 3.8) is 0 Å². The number of amides is 1. The summed E-state index contributed by atoms with van der Waals surface area (Å²) in [4.78, 5) is 12.0. The number of nitrogens with zero attached hydrogens (tertiary/aromatic N) is 1. The molecule has 0 saturated heterocycles. The summed E-state index contributed by atoms with van der Waals surface area (Å²) in [6, 6.07) is 10.6. The van der Waals surface area contributed by atoms with Gasteiger partial charge in [-0.3, -0.25) is 4.79 Å². The molecule has 2 aromatic rings. The normalized spacial score (nSPS) is 9.80. The number of phenolic OH excluding ortho intramolecular Hbond substituents is 1. The van der Waals surface area contributed by atoms with Gasteiger partial charge in [0, 0.05) is 5.02 Å². The molecule has 4 N–H and O–H groups in total. The first-order valence-corrected chi connectivity index (χ1v) is 5.98. The Morgan fingerprint density at radius 1 is 1.30 bits per heavy atom. The second-order valence-electron chi connectivity index (χ2n) is 4.03. The van der Waals surface area contributed by atoms with E-state index in [1.54, 1.807) is 0 Å². The Bertz CT molecular complexity index is 723. The van der Waals surface area contributed by atoms with Crippen LogP contribution in [0.4, 0.5) is 11.4 Å². The van der Waals surface area contributed by atoms with Crippen LogP contribution in [-0.4, -0.2) is 11.0 Å². The number of nitrogen functional groups attached to an aromatic ring is 1. The summed E-state index contributed by atoms with van der Waals surface area (Å²) < 4.78 is 0. The van der Waals surface area contributed by atoms with E-state index < -0.39 is 5.91 Å². The van der Waals surface area contributed by atoms with E-state index in [9.17, 15) is 9.90 Å². The number of hydrogen-bond donors (Lipinski definition) is 3. The number of nitriles is 1. The molecule has 2 rings (SSSR count). The van der Waals surface area contributed by atoms with Gasteiger partial charge in [0.05, 0.1) is 28.6 Å². The van der Waals surface area contributed by atoms with Crippen molar-refractivity contribution < 1.29 is 9.90 Å². The van der Waals surface area contributed by atoms with Crippen LogP contribution < -0.4 is 11.1 Å². The van der Waals surface area contributed by atoms with Crippen molar-refractivity contribution in [1.82, 2.24) is 0 Å². The summed E-state index contributed by atoms with van der Waals surface area (Å²) in [7, 11) is 0. The van der Waals surface area contributed by atoms with Gasteiger partial charge in [0.25, 0.3) is 5.91 Å². The lowest BCUT2D eigenvalue weighted by molar-refractivity contribution is 0.102. The summed E-state index contributed by atoms with van der Waals surface area (Å²) in [6.07, 6.45) is 0. The number of halogens is 1. The summed E-state index contributed by atoms with van der Waals surface area (Å²) in [5.74, 6) is -0.722. The first kappa shape index (κ1) is 13.7. The molecular formula is C14H10ClN3O2. The minimum absolute atomic E-state index is 0.0428. The van der Waals surface area contributed by atoms with Crippen LogP contribution in [0.5, 0.6) is 5.75 Å². The van der Waals surface area contributed by atoms with Gasteiger partial charge in [-0.05, 0) is 36.4 Å². The minimum atomic E-state index is -0.540. The fourth-order valence-corrected chi connectivity index (χ4v) is 1.80. The molecule has 0 spiro atoms. The van der Waals surface area contributed by atoms with Crippen molar-refractivity contribution >= 4 is 28.9 Å². The molecule has 0 aliphatic heterocycles. The van der Waals surface area contributed by atoms with Gasteiger partial charge in [0.15, 0.2) is 0 Å². The molecule has 0 saturated carbocycles. The van der Waals surface area contributed by atoms with Crippen molar-refractivity contribution in [3.8, 4) is 11.8 Å². The molecule has 0 atom stereocenters. The second-order valence-corrected chi connectivity index (χ2v) is 4.47. The predicted octanol–water partition coefficient (Wildman–Crippen LogP) is 2.75. The molecule has 1 amide bonds. The summed E-state index contributed by atoms with van der Waals surface area (Å²) in [5, 5.41) is 21.3. The zero-order valence-corrected chi connectivity index (χ0v) is 11.0. The first-order chi connectivity index (χ1) is 9.51. The van der Waals surface area contributed by atoms with Gasteiger partial charge >= 0.3 is 0 Å². The quantitative estimate of drug-likeness (QED) is 0.739. The standard InChI is InChI=1S/C14H10ClN3O2/c15-9-2-4-13(19)10(6-9)14(20)18-12-3-1-8(7-16)5-11(12)17/h1-6,19H,17H2,(H,18,20). The molecule has 5 nitrogen and oxygen atoms in total. The lowest BCUT2D eigenvalue weighted by atomic mass is 10.1. The molecule has 20 heavy (non-hydrogen) atoms. The SMILES string of the molecule is N#Cc1ccc(NC(=O)c2cc(Cl)ccc2O)c(N)c1. The van der Waals surface area contributed by atoms with Gasteiger partial charge in [-0.2, -0.15) is 5.26 Å². The largest absolute Gasteiger partial charge is 0.507 e. The number of hydrogen-bond acceptors (Lipinski definition) is 4. The number of aromatic hydroxyl groups is 1. The number of carbonyl (C=O) groups excluding carboxylic acids is 1. The van der Waals surface area contributed by atoms with Crippen LogP contribution in [0.2, 0.25) is 5.02 Å². The van der Waals surface area contributed by atoms with E-state index in [0.29, 0.717) is 16.3 Å². The lowest BCUT2D eigenvalue weighted by Gasteiger charge is -2.09. The highest BCUT2D eigenvalue weighted by atomic mass is 35.5. The third-order valence-corrected chi connectivity index (χ3v) is 2.87. The van der Waals surface area contributed by atoms with E-state index in [1.165, 1.54) is 36.4 Å². The van der Waals surface area contributed by atoms with Gasteiger partial charge in [0.2, 0.25) is 0 Å². The van der Waals surface area contributed by atoms with Crippen molar-refractivity contribution in [3.05, 3.63) is 52.5 Å². The first-order valence-electron chi connectivity index (χ1n) is 5.61. The van der Waals surface area contributed by atoms with E-state index in [0.717, 1.165) is 0 Å². The van der Waals surface area contributed by atoms with Gasteiger partial charge in [-0.1, -0.05) is 11.6 Å². The average molecular weight is 288 g/mol. The number of anilines is 2. The van der Waals surface area contributed by atoms with Crippen LogP contribution in [0.15, 0.2) is 36.4 Å². The van der Waals surface area contributed by atoms with E-state index >= 15 is 0 Å². The second kappa shape index (κ2) is 5.51. The zero-order valence-electron chi connectivity index (χ0n) is 10.2. The lowest BCUT2D eigenvalue weighted by Crippen LogP contribution is -2.13. The zero-order chi connectivity index (χ0) is 14.7. The van der Waals surface area contributed by atoms with Crippen LogP contribution in [0.25, 0.3) is 0 Å². The molecule has 2 aromatic carbocycles. The molecule has 0 bridgehead atoms. The van der Waals surface area contributed by atoms with Crippen LogP contribution in [0.1, 0.15) is 15.9 Å². The maximum absolute atomic E-state index is 12.0. The third-order valence-electron chi connectivity index (χ3n) is 2.63. The Morgan fingerprint density at radius 3 is 2.70 bits per heavy atom. The number of carbonyl (C=O) groups is 1. The Hall–Kier alpha value is -2.71. The molecule has 0 heterocycles. The van der Waals surface area contributed by atoms with Crippen molar-refractivity contribution in [2.24, 2.45) is 0 Å². The highest BCUT2D eigenvalue weighted by Crippen LogP contribution is 2.25. The summed E-state index contributed by atoms with van der Waals surface area (Å²) in [6.45, 7) is 0. The molecule has 0 aliphatic carbocycles. The van der Waals surface area contributed by atoms with Crippen LogP contribution >= 0.6 is 11.6 Å². The third kappa shape index (κ3) is 2.82. The highest BCUT2D eigenvalue weighted by molar-refractivity contribution is 6.31. The molecule has 0 aliphatic rings. The minimum Gasteiger partial charge on any atom is -0.507 e. The molecule has 0 radical (unpaired) electrons. The van der Waals surface area contributed by atoms with Crippen LogP contribution in [-0.2, 0) is 0 Å². The average Bonchev–Trinajstić information content (AvgIpc) is 2.43. The van der Waals surface area contributed by atoms with E-state index in [4.69, 9.17) is 22.6 Å². The van der Waals surface area contributed by atoms with Crippen LogP contribution in [0, 0.1) is 11.3 Å². The number of nitrogens with two attached hydrogens (primary N) is 1. The van der Waals surface area contributed by atoms with Crippen molar-refractivity contribution in [2.75, 3.05) is 11.1 Å². The molecule has 100 valence electrons. The molecule has 0 unspecified atom stereocenters. The van der Waals surface area contributed by atoms with Gasteiger partial charge < -0.3 is 16.2 Å². The van der Waals surface area contributed by atoms with Crippen LogP contribution in [0.3, 0.4) is 0 Å². The summed E-state index contributed by atoms with van der Waals surface area (Å²) >= 11 is 5.78. The fourth-order valence-electron chi connectivity index (χ4n) is 1.63. The monoisotopic (exact) mass is 287 g/mol. The number of nitrogens with one attached hydrogen (secondary N) is 1. The summed E-state index contributed by atoms with van der Waals surface area (Å²) in [5.41, 5.74) is 6.79. The van der Waals surface area contributed by atoms with Crippen molar-refractivity contribution in [2.45, 2.75) is 0 Å². The number of rotatable bonds is 2. The Balaban J connectivity index is 2.28. The molecule has 6 heteroatoms. The highest BCUT2D eigenvalue weighted by Gasteiger charge is 2.13. The van der Waals surface area contributed by atoms with Gasteiger partial charge in [-0.25, -0.2) is 0 Å². The Labute approximate surface area is 120 Å². The molecular weight excluding hydrogens is 278 g/mol. The number of benzene rings is 2. The van der Waals surface area contributed by atoms with E-state index in [2.05, 4.69) is 5.32 Å². The maximum Gasteiger partial charge on any atom is 0.259 e. The fraction of sp³-hybridized carbons (Fsp3) is 0. The maximum atomic E-state index is 12.0. The Kier molecular flexibility index (Phi) is 3.78. The van der Waals surface area contributed by atoms with E-state index in [1.807, 2.05) is 6.07 Å². The van der Waals surface area contributed by atoms with Gasteiger partial charge in [0.1, 0.15) is 5.75 Å². The topological polar surface area (TPSA) is 99.1 Å². The molecule has 0 fully saturated rings. The van der Waals surface area contributed by atoms with Gasteiger partial charge in [-0.15, -0.1) is 0 Å². The molecule has 0 aromatic heterocycles. The predicted molar refractivity (Wildman–Crippen MR) is 76.6 cm³/mol. The smallest absolute Gasteiger partial charge is 0.259 e. The van der Waals surface area contributed by atoms with E-state index in [-0.39, 0.29) is 17.0 Å².